The number of quaternary nitrogens is 1. The van der Waals surface area contributed by atoms with E-state index in [1.165, 1.54) is 45.7 Å². The lowest BCUT2D eigenvalue weighted by Gasteiger charge is -2.60. The maximum Gasteiger partial charge on any atom is 0.146 e. The largest absolute Gasteiger partial charge is 1.00 e. The molecule has 1 aromatic rings. The van der Waals surface area contributed by atoms with Crippen molar-refractivity contribution in [3.8, 4) is 0 Å². The Morgan fingerprint density at radius 2 is 1.53 bits per heavy atom. The number of halogens is 1. The highest BCUT2D eigenvalue weighted by molar-refractivity contribution is 7.08. The molecule has 5 heterocycles. The Kier molecular flexibility index (Phi) is 3.61. The zero-order valence-corrected chi connectivity index (χ0v) is 12.0. The molecule has 0 radical (unpaired) electrons. The van der Waals surface area contributed by atoms with Gasteiger partial charge in [-0.15, -0.1) is 11.3 Å². The number of nitrogens with zero attached hydrogens (tertiary/aromatic N) is 4. The molecule has 17 heavy (non-hydrogen) atoms. The predicted molar refractivity (Wildman–Crippen MR) is 64.4 cm³/mol. The van der Waals surface area contributed by atoms with Gasteiger partial charge in [0, 0.05) is 6.07 Å². The van der Waals surface area contributed by atoms with Gasteiger partial charge in [-0.05, 0) is 5.38 Å². The molecule has 0 atom stereocenters. The highest BCUT2D eigenvalue weighted by Gasteiger charge is 2.49. The van der Waals surface area contributed by atoms with Crippen molar-refractivity contribution in [2.45, 2.75) is 0 Å². The summed E-state index contributed by atoms with van der Waals surface area (Å²) in [6.45, 7) is 7.10. The summed E-state index contributed by atoms with van der Waals surface area (Å²) in [4.78, 5) is 7.65. The minimum Gasteiger partial charge on any atom is -1.00 e. The van der Waals surface area contributed by atoms with Crippen molar-refractivity contribution in [3.63, 3.8) is 0 Å². The average molecular weight is 321 g/mol. The maximum atomic E-state index is 2.55. The van der Waals surface area contributed by atoms with Gasteiger partial charge in [0.25, 0.3) is 0 Å². The van der Waals surface area contributed by atoms with Gasteiger partial charge in [0.05, 0.1) is 25.4 Å². The molecule has 0 unspecified atom stereocenters. The molecule has 4 fully saturated rings. The van der Waals surface area contributed by atoms with E-state index in [1.54, 1.807) is 0 Å². The third-order valence-electron chi connectivity index (χ3n) is 3.67. The van der Waals surface area contributed by atoms with Crippen LogP contribution in [0.1, 0.15) is 0 Å². The molecule has 0 aliphatic carbocycles. The second-order valence-electron chi connectivity index (χ2n) is 4.99. The summed E-state index contributed by atoms with van der Waals surface area (Å²) in [7, 11) is 0. The lowest BCUT2D eigenvalue weighted by molar-refractivity contribution is -0.189. The molecule has 0 aromatic carbocycles. The lowest BCUT2D eigenvalue weighted by Crippen LogP contribution is -3.00. The van der Waals surface area contributed by atoms with Gasteiger partial charge in [0.2, 0.25) is 0 Å². The fraction of sp³-hybridized carbons (Fsp3) is 0.600. The molecule has 96 valence electrons. The van der Waals surface area contributed by atoms with Crippen molar-refractivity contribution in [3.05, 3.63) is 16.8 Å². The van der Waals surface area contributed by atoms with Crippen LogP contribution in [0.5, 0.6) is 0 Å². The van der Waals surface area contributed by atoms with E-state index >= 15 is 0 Å². The summed E-state index contributed by atoms with van der Waals surface area (Å²) in [6.07, 6.45) is 0. The molecular weight excluding hydrogens is 304 g/mol. The molecule has 0 saturated carbocycles. The Morgan fingerprint density at radius 3 is 1.94 bits per heavy atom. The number of thiophene rings is 1. The van der Waals surface area contributed by atoms with E-state index in [4.69, 9.17) is 0 Å². The van der Waals surface area contributed by atoms with Crippen molar-refractivity contribution in [2.24, 2.45) is 0 Å². The summed E-state index contributed by atoms with van der Waals surface area (Å²) < 4.78 is 1.13. The number of hydrogen-bond donors (Lipinski definition) is 0. The van der Waals surface area contributed by atoms with Gasteiger partial charge < -0.3 is 22.5 Å². The Balaban J connectivity index is 0.000000540. The smallest absolute Gasteiger partial charge is 0.146 e. The molecule has 4 aliphatic rings. The van der Waals surface area contributed by atoms with E-state index in [0.717, 1.165) is 4.48 Å². The molecule has 5 nitrogen and oxygen atoms in total. The summed E-state index contributed by atoms with van der Waals surface area (Å²) in [5, 5.41) is 4.52. The van der Waals surface area contributed by atoms with Gasteiger partial charge in [-0.1, -0.05) is 0 Å². The van der Waals surface area contributed by atoms with Crippen LogP contribution in [0, 0.1) is 0 Å². The van der Waals surface area contributed by atoms with E-state index in [2.05, 4.69) is 31.5 Å². The summed E-state index contributed by atoms with van der Waals surface area (Å²) in [6, 6.07) is 2.29. The van der Waals surface area contributed by atoms with E-state index in [0.29, 0.717) is 0 Å². The number of rotatable bonds is 1. The second-order valence-corrected chi connectivity index (χ2v) is 5.77. The van der Waals surface area contributed by atoms with Crippen LogP contribution in [0.15, 0.2) is 16.8 Å². The van der Waals surface area contributed by atoms with Gasteiger partial charge >= 0.3 is 0 Å². The maximum absolute atomic E-state index is 2.55. The average Bonchev–Trinajstić information content (AvgIpc) is 2.67. The molecule has 2 N–H and O–H groups in total. The molecule has 4 saturated heterocycles. The molecule has 0 amide bonds. The second kappa shape index (κ2) is 4.58. The lowest BCUT2D eigenvalue weighted by atomic mass is 10.2. The molecule has 0 spiro atoms. The molecular formula is C10H17BrN4OS. The zero-order valence-electron chi connectivity index (χ0n) is 9.55. The molecule has 5 rings (SSSR count). The normalized spacial score (nSPS) is 41.8. The third kappa shape index (κ3) is 1.95. The van der Waals surface area contributed by atoms with Crippen LogP contribution in [0.4, 0.5) is 5.69 Å². The molecule has 4 bridgehead atoms. The van der Waals surface area contributed by atoms with Crippen molar-refractivity contribution in [2.75, 3.05) is 40.0 Å². The zero-order chi connectivity index (χ0) is 9.88. The number of hydrogen-bond acceptors (Lipinski definition) is 4. The first-order valence-corrected chi connectivity index (χ1v) is 6.34. The Bertz CT molecular complexity index is 350. The van der Waals surface area contributed by atoms with Gasteiger partial charge in [0.1, 0.15) is 25.7 Å². The summed E-state index contributed by atoms with van der Waals surface area (Å²) in [5.74, 6) is 0. The predicted octanol–water partition coefficient (Wildman–Crippen LogP) is -3.07. The highest BCUT2D eigenvalue weighted by Crippen LogP contribution is 2.35. The van der Waals surface area contributed by atoms with Crippen molar-refractivity contribution < 1.29 is 22.5 Å². The highest BCUT2D eigenvalue weighted by atomic mass is 79.9. The first kappa shape index (κ1) is 13.4. The Labute approximate surface area is 115 Å². The van der Waals surface area contributed by atoms with Gasteiger partial charge in [-0.2, -0.15) is 0 Å². The Morgan fingerprint density at radius 1 is 1.00 bits per heavy atom. The topological polar surface area (TPSA) is 41.2 Å². The van der Waals surface area contributed by atoms with E-state index in [1.807, 2.05) is 11.3 Å². The van der Waals surface area contributed by atoms with Crippen LogP contribution >= 0.6 is 11.3 Å². The molecule has 7 heteroatoms. The fourth-order valence-corrected chi connectivity index (χ4v) is 4.04. The van der Waals surface area contributed by atoms with Crippen LogP contribution in [0.3, 0.4) is 0 Å². The fourth-order valence-electron chi connectivity index (χ4n) is 3.31. The first-order chi connectivity index (χ1) is 7.34. The van der Waals surface area contributed by atoms with Crippen molar-refractivity contribution in [1.82, 2.24) is 19.2 Å². The quantitative estimate of drug-likeness (QED) is 0.516. The van der Waals surface area contributed by atoms with Crippen molar-refractivity contribution in [1.29, 1.82) is 0 Å². The van der Waals surface area contributed by atoms with Gasteiger partial charge in [-0.3, -0.25) is 4.48 Å². The molecule has 1 aromatic heterocycles. The van der Waals surface area contributed by atoms with Crippen LogP contribution < -0.4 is 21.5 Å². The van der Waals surface area contributed by atoms with E-state index in [-0.39, 0.29) is 22.5 Å². The van der Waals surface area contributed by atoms with Gasteiger partial charge in [-0.25, -0.2) is 14.7 Å². The third-order valence-corrected chi connectivity index (χ3v) is 4.34. The summed E-state index contributed by atoms with van der Waals surface area (Å²) in [5.41, 5.74) is 1.50. The SMILES string of the molecule is O.[Br-].c1cc([N+]23CN4CN(CN(C4)C2)C3)cs1. The van der Waals surface area contributed by atoms with Gasteiger partial charge in [0.15, 0.2) is 0 Å². The minimum atomic E-state index is 0. The van der Waals surface area contributed by atoms with Crippen LogP contribution in [-0.4, -0.2) is 60.2 Å². The van der Waals surface area contributed by atoms with Crippen molar-refractivity contribution >= 4 is 17.0 Å². The first-order valence-electron chi connectivity index (χ1n) is 5.40. The van der Waals surface area contributed by atoms with E-state index in [9.17, 15) is 0 Å². The van der Waals surface area contributed by atoms with Crippen LogP contribution in [-0.2, 0) is 0 Å². The summed E-state index contributed by atoms with van der Waals surface area (Å²) >= 11 is 1.82. The standard InChI is InChI=1S/C10H15N4S.BrH.H2O/c1-2-15-3-10(1)14-7-11-4-12(8-14)6-13(5-11)9-14;;/h1-3H,4-9H2;1H;1H2/q+1;;/p-1. The van der Waals surface area contributed by atoms with Crippen LogP contribution in [0.25, 0.3) is 0 Å². The van der Waals surface area contributed by atoms with Crippen LogP contribution in [0.2, 0.25) is 0 Å². The monoisotopic (exact) mass is 320 g/mol. The minimum absolute atomic E-state index is 0. The van der Waals surface area contributed by atoms with E-state index < -0.39 is 0 Å². The molecule has 4 aliphatic heterocycles. The Hall–Kier alpha value is -0.0200.